The molecule has 0 saturated heterocycles. The Kier molecular flexibility index (Phi) is 4.19. The molecule has 2 rings (SSSR count). The van der Waals surface area contributed by atoms with Crippen LogP contribution in [0.4, 0.5) is 0 Å². The Labute approximate surface area is 127 Å². The summed E-state index contributed by atoms with van der Waals surface area (Å²) in [5.74, 6) is 3.39. The van der Waals surface area contributed by atoms with E-state index in [1.807, 2.05) is 38.1 Å². The second-order valence-electron chi connectivity index (χ2n) is 5.63. The van der Waals surface area contributed by atoms with Crippen LogP contribution in [0, 0.1) is 19.3 Å². The van der Waals surface area contributed by atoms with Crippen molar-refractivity contribution in [3.05, 3.63) is 71.8 Å². The van der Waals surface area contributed by atoms with E-state index in [1.54, 1.807) is 0 Å². The molecule has 0 heterocycles. The summed E-state index contributed by atoms with van der Waals surface area (Å²) in [7, 11) is 0. The van der Waals surface area contributed by atoms with Crippen LogP contribution in [0.15, 0.2) is 55.1 Å². The van der Waals surface area contributed by atoms with Crippen molar-refractivity contribution in [2.75, 3.05) is 0 Å². The van der Waals surface area contributed by atoms with Crippen molar-refractivity contribution < 1.29 is 4.74 Å². The molecule has 1 nitrogen and oxygen atoms in total. The first-order chi connectivity index (χ1) is 9.91. The van der Waals surface area contributed by atoms with Gasteiger partial charge in [0.25, 0.3) is 0 Å². The molecule has 0 bridgehead atoms. The van der Waals surface area contributed by atoms with Gasteiger partial charge in [-0.1, -0.05) is 54.5 Å². The molecule has 0 aliphatic carbocycles. The number of hydrogen-bond acceptors (Lipinski definition) is 1. The minimum Gasteiger partial charge on any atom is -0.475 e. The van der Waals surface area contributed by atoms with E-state index in [4.69, 9.17) is 11.2 Å². The van der Waals surface area contributed by atoms with Gasteiger partial charge in [0.1, 0.15) is 5.75 Å². The number of terminal acetylenes is 1. The molecule has 0 aliphatic rings. The third kappa shape index (κ3) is 3.77. The standard InChI is InChI=1S/C20H20O/c1-6-20(4,5)21-19-9-7-8-18(14-19)16(3)17-12-10-15(2)11-13-17/h1,7-14H,3H2,2,4-5H3. The first kappa shape index (κ1) is 14.9. The lowest BCUT2D eigenvalue weighted by Gasteiger charge is -2.20. The van der Waals surface area contributed by atoms with Crippen LogP contribution >= 0.6 is 0 Å². The third-order valence-electron chi connectivity index (χ3n) is 3.30. The van der Waals surface area contributed by atoms with E-state index in [2.05, 4.69) is 43.7 Å². The zero-order valence-electron chi connectivity index (χ0n) is 12.8. The van der Waals surface area contributed by atoms with E-state index < -0.39 is 5.60 Å². The molecular weight excluding hydrogens is 256 g/mol. The maximum Gasteiger partial charge on any atom is 0.163 e. The van der Waals surface area contributed by atoms with Gasteiger partial charge in [-0.3, -0.25) is 0 Å². The van der Waals surface area contributed by atoms with Gasteiger partial charge in [-0.25, -0.2) is 0 Å². The van der Waals surface area contributed by atoms with E-state index in [0.29, 0.717) is 0 Å². The summed E-state index contributed by atoms with van der Waals surface area (Å²) in [5, 5.41) is 0. The van der Waals surface area contributed by atoms with Crippen LogP contribution in [-0.2, 0) is 0 Å². The Morgan fingerprint density at radius 3 is 2.38 bits per heavy atom. The van der Waals surface area contributed by atoms with Crippen molar-refractivity contribution in [1.82, 2.24) is 0 Å². The Morgan fingerprint density at radius 1 is 1.10 bits per heavy atom. The fourth-order valence-corrected chi connectivity index (χ4v) is 1.99. The zero-order chi connectivity index (χ0) is 15.5. The molecule has 21 heavy (non-hydrogen) atoms. The topological polar surface area (TPSA) is 9.23 Å². The van der Waals surface area contributed by atoms with Crippen LogP contribution in [0.3, 0.4) is 0 Å². The highest BCUT2D eigenvalue weighted by Crippen LogP contribution is 2.26. The lowest BCUT2D eigenvalue weighted by atomic mass is 9.98. The number of ether oxygens (including phenoxy) is 1. The predicted molar refractivity (Wildman–Crippen MR) is 89.3 cm³/mol. The highest BCUT2D eigenvalue weighted by Gasteiger charge is 2.15. The van der Waals surface area contributed by atoms with E-state index >= 15 is 0 Å². The van der Waals surface area contributed by atoms with Gasteiger partial charge in [0.2, 0.25) is 0 Å². The van der Waals surface area contributed by atoms with E-state index in [0.717, 1.165) is 22.4 Å². The molecule has 1 heteroatoms. The molecule has 0 fully saturated rings. The van der Waals surface area contributed by atoms with Crippen molar-refractivity contribution in [2.45, 2.75) is 26.4 Å². The molecule has 0 aromatic heterocycles. The second kappa shape index (κ2) is 5.89. The van der Waals surface area contributed by atoms with Gasteiger partial charge in [0.15, 0.2) is 5.60 Å². The molecule has 0 atom stereocenters. The predicted octanol–water partition coefficient (Wildman–Crippen LogP) is 4.85. The van der Waals surface area contributed by atoms with Gasteiger partial charge < -0.3 is 4.74 Å². The maximum absolute atomic E-state index is 5.82. The Morgan fingerprint density at radius 2 is 1.76 bits per heavy atom. The number of aryl methyl sites for hydroxylation is 1. The van der Waals surface area contributed by atoms with Gasteiger partial charge in [0, 0.05) is 0 Å². The van der Waals surface area contributed by atoms with E-state index in [-0.39, 0.29) is 0 Å². The van der Waals surface area contributed by atoms with Crippen LogP contribution in [0.5, 0.6) is 5.75 Å². The lowest BCUT2D eigenvalue weighted by molar-refractivity contribution is 0.172. The van der Waals surface area contributed by atoms with E-state index in [1.165, 1.54) is 5.56 Å². The smallest absolute Gasteiger partial charge is 0.163 e. The third-order valence-corrected chi connectivity index (χ3v) is 3.30. The van der Waals surface area contributed by atoms with Crippen molar-refractivity contribution in [3.8, 4) is 18.1 Å². The summed E-state index contributed by atoms with van der Waals surface area (Å²) in [5.41, 5.74) is 3.72. The number of rotatable bonds is 4. The SMILES string of the molecule is C#CC(C)(C)Oc1cccc(C(=C)c2ccc(C)cc2)c1. The average Bonchev–Trinajstić information content (AvgIpc) is 2.47. The van der Waals surface area contributed by atoms with Gasteiger partial charge >= 0.3 is 0 Å². The second-order valence-corrected chi connectivity index (χ2v) is 5.63. The highest BCUT2D eigenvalue weighted by molar-refractivity contribution is 5.78. The molecule has 2 aromatic rings. The minimum atomic E-state index is -0.621. The van der Waals surface area contributed by atoms with Crippen LogP contribution in [0.25, 0.3) is 5.57 Å². The monoisotopic (exact) mass is 276 g/mol. The maximum atomic E-state index is 5.82. The van der Waals surface area contributed by atoms with Crippen LogP contribution in [0.2, 0.25) is 0 Å². The minimum absolute atomic E-state index is 0.621. The Balaban J connectivity index is 2.27. The fourth-order valence-electron chi connectivity index (χ4n) is 1.99. The molecule has 106 valence electrons. The number of benzene rings is 2. The molecule has 2 aromatic carbocycles. The molecule has 0 amide bonds. The van der Waals surface area contributed by atoms with Crippen LogP contribution < -0.4 is 4.74 Å². The van der Waals surface area contributed by atoms with Crippen molar-refractivity contribution in [3.63, 3.8) is 0 Å². The Hall–Kier alpha value is -2.46. The highest BCUT2D eigenvalue weighted by atomic mass is 16.5. The summed E-state index contributed by atoms with van der Waals surface area (Å²) < 4.78 is 5.82. The first-order valence-corrected chi connectivity index (χ1v) is 6.94. The molecular formula is C20H20O. The van der Waals surface area contributed by atoms with Gasteiger partial charge in [0.05, 0.1) is 0 Å². The summed E-state index contributed by atoms with van der Waals surface area (Å²) in [6.07, 6.45) is 5.46. The van der Waals surface area contributed by atoms with Crippen molar-refractivity contribution in [2.24, 2.45) is 0 Å². The van der Waals surface area contributed by atoms with E-state index in [9.17, 15) is 0 Å². The summed E-state index contributed by atoms with van der Waals surface area (Å²) in [6, 6.07) is 16.2. The summed E-state index contributed by atoms with van der Waals surface area (Å²) in [6.45, 7) is 10.00. The molecule has 0 spiro atoms. The van der Waals surface area contributed by atoms with Crippen molar-refractivity contribution >= 4 is 5.57 Å². The molecule has 0 radical (unpaired) electrons. The lowest BCUT2D eigenvalue weighted by Crippen LogP contribution is -2.25. The largest absolute Gasteiger partial charge is 0.475 e. The quantitative estimate of drug-likeness (QED) is 0.725. The number of hydrogen-bond donors (Lipinski definition) is 0. The van der Waals surface area contributed by atoms with Crippen LogP contribution in [-0.4, -0.2) is 5.60 Å². The van der Waals surface area contributed by atoms with Gasteiger partial charge in [-0.2, -0.15) is 0 Å². The first-order valence-electron chi connectivity index (χ1n) is 6.94. The fraction of sp³-hybridized carbons (Fsp3) is 0.200. The molecule has 0 saturated carbocycles. The Bertz CT molecular complexity index is 685. The summed E-state index contributed by atoms with van der Waals surface area (Å²) in [4.78, 5) is 0. The molecule has 0 unspecified atom stereocenters. The van der Waals surface area contributed by atoms with Crippen molar-refractivity contribution in [1.29, 1.82) is 0 Å². The summed E-state index contributed by atoms with van der Waals surface area (Å²) >= 11 is 0. The van der Waals surface area contributed by atoms with Gasteiger partial charge in [-0.15, -0.1) is 6.42 Å². The van der Waals surface area contributed by atoms with Crippen LogP contribution in [0.1, 0.15) is 30.5 Å². The molecule has 0 N–H and O–H groups in total. The normalized spacial score (nSPS) is 10.8. The molecule has 0 aliphatic heterocycles. The zero-order valence-corrected chi connectivity index (χ0v) is 12.8. The average molecular weight is 276 g/mol. The van der Waals surface area contributed by atoms with Gasteiger partial charge in [-0.05, 0) is 49.6 Å².